The summed E-state index contributed by atoms with van der Waals surface area (Å²) >= 11 is 0. The van der Waals surface area contributed by atoms with E-state index >= 15 is 0 Å². The Morgan fingerprint density at radius 1 is 1.15 bits per heavy atom. The highest BCUT2D eigenvalue weighted by molar-refractivity contribution is 5.71. The molecule has 0 aliphatic heterocycles. The molecule has 0 unspecified atom stereocenters. The quantitative estimate of drug-likeness (QED) is 0.397. The number of ether oxygens (including phenoxy) is 3. The normalized spacial score (nSPS) is 10.1. The van der Waals surface area contributed by atoms with Gasteiger partial charge in [-0.1, -0.05) is 18.2 Å². The maximum Gasteiger partial charge on any atom is 0.343 e. The summed E-state index contributed by atoms with van der Waals surface area (Å²) in [6.07, 6.45) is 0. The van der Waals surface area contributed by atoms with Crippen molar-refractivity contribution in [2.24, 2.45) is 0 Å². The van der Waals surface area contributed by atoms with Crippen LogP contribution < -0.4 is 20.3 Å². The minimum absolute atomic E-state index is 0.0874. The van der Waals surface area contributed by atoms with E-state index in [0.29, 0.717) is 5.56 Å². The van der Waals surface area contributed by atoms with Crippen LogP contribution in [0.3, 0.4) is 0 Å². The van der Waals surface area contributed by atoms with Crippen molar-refractivity contribution in [1.29, 1.82) is 0 Å². The monoisotopic (exact) mass is 361 g/mol. The van der Waals surface area contributed by atoms with E-state index in [4.69, 9.17) is 9.47 Å². The number of hydrogen-bond acceptors (Lipinski definition) is 8. The number of para-hydroxylation sites is 1. The van der Waals surface area contributed by atoms with Crippen LogP contribution in [0.5, 0.6) is 11.5 Å². The number of nitrogens with one attached hydrogen (secondary N) is 2. The highest BCUT2D eigenvalue weighted by Crippen LogP contribution is 2.34. The summed E-state index contributed by atoms with van der Waals surface area (Å²) in [5, 5.41) is 11.4. The Balaban J connectivity index is 2.16. The third kappa shape index (κ3) is 5.08. The molecule has 26 heavy (non-hydrogen) atoms. The number of rotatable bonds is 9. The Morgan fingerprint density at radius 2 is 1.88 bits per heavy atom. The number of benzene rings is 2. The van der Waals surface area contributed by atoms with Gasteiger partial charge in [0.25, 0.3) is 5.69 Å². The molecular weight excluding hydrogens is 342 g/mol. The summed E-state index contributed by atoms with van der Waals surface area (Å²) in [6, 6.07) is 12.0. The molecule has 0 saturated heterocycles. The molecule has 2 aromatic rings. The lowest BCUT2D eigenvalue weighted by Crippen LogP contribution is -2.21. The molecule has 0 atom stereocenters. The first kappa shape index (κ1) is 19.0. The molecule has 0 aliphatic rings. The van der Waals surface area contributed by atoms with Crippen molar-refractivity contribution < 1.29 is 23.9 Å². The molecule has 0 spiro atoms. The van der Waals surface area contributed by atoms with E-state index < -0.39 is 10.9 Å². The van der Waals surface area contributed by atoms with Crippen LogP contribution in [0.15, 0.2) is 42.5 Å². The molecule has 0 aromatic heterocycles. The number of esters is 1. The molecule has 0 fully saturated rings. The molecule has 0 heterocycles. The van der Waals surface area contributed by atoms with Crippen molar-refractivity contribution >= 4 is 17.3 Å². The van der Waals surface area contributed by atoms with Crippen LogP contribution >= 0.6 is 0 Å². The third-order valence-electron chi connectivity index (χ3n) is 3.42. The van der Waals surface area contributed by atoms with E-state index in [1.54, 1.807) is 0 Å². The Hall–Kier alpha value is -3.33. The van der Waals surface area contributed by atoms with Crippen LogP contribution in [-0.2, 0) is 16.1 Å². The first-order valence-corrected chi connectivity index (χ1v) is 7.64. The zero-order chi connectivity index (χ0) is 18.9. The Bertz CT molecular complexity index is 767. The number of carbonyl (C=O) groups excluding carboxylic acids is 1. The number of hydrazine groups is 1. The van der Waals surface area contributed by atoms with Crippen LogP contribution in [-0.4, -0.2) is 31.7 Å². The van der Waals surface area contributed by atoms with Gasteiger partial charge in [0.15, 0.2) is 18.1 Å². The molecular formula is C17H19N3O6. The summed E-state index contributed by atoms with van der Waals surface area (Å²) < 4.78 is 14.9. The van der Waals surface area contributed by atoms with E-state index in [1.807, 2.05) is 30.3 Å². The number of nitrogens with zero attached hydrogens (tertiary/aromatic N) is 1. The second kappa shape index (κ2) is 9.23. The zero-order valence-electron chi connectivity index (χ0n) is 14.4. The highest BCUT2D eigenvalue weighted by Gasteiger charge is 2.20. The number of methoxy groups -OCH3 is 2. The predicted molar refractivity (Wildman–Crippen MR) is 94.1 cm³/mol. The fourth-order valence-corrected chi connectivity index (χ4v) is 2.13. The van der Waals surface area contributed by atoms with Gasteiger partial charge in [-0.05, 0) is 18.2 Å². The summed E-state index contributed by atoms with van der Waals surface area (Å²) in [6.45, 7) is -0.212. The average molecular weight is 361 g/mol. The van der Waals surface area contributed by atoms with Gasteiger partial charge in [-0.2, -0.15) is 0 Å². The third-order valence-corrected chi connectivity index (χ3v) is 3.42. The molecule has 9 nitrogen and oxygen atoms in total. The molecule has 0 saturated carbocycles. The molecule has 138 valence electrons. The van der Waals surface area contributed by atoms with Crippen molar-refractivity contribution in [3.63, 3.8) is 0 Å². The second-order valence-electron chi connectivity index (χ2n) is 5.10. The van der Waals surface area contributed by atoms with Crippen molar-refractivity contribution in [1.82, 2.24) is 5.43 Å². The van der Waals surface area contributed by atoms with E-state index in [1.165, 1.54) is 26.4 Å². The Morgan fingerprint density at radius 3 is 2.50 bits per heavy atom. The molecule has 2 rings (SSSR count). The highest BCUT2D eigenvalue weighted by atomic mass is 16.6. The molecule has 0 radical (unpaired) electrons. The van der Waals surface area contributed by atoms with Crippen LogP contribution in [0.25, 0.3) is 0 Å². The van der Waals surface area contributed by atoms with Gasteiger partial charge < -0.3 is 19.6 Å². The number of carbonyl (C=O) groups is 1. The first-order valence-electron chi connectivity index (χ1n) is 7.64. The van der Waals surface area contributed by atoms with Gasteiger partial charge in [-0.25, -0.2) is 10.2 Å². The minimum Gasteiger partial charge on any atom is -0.493 e. The van der Waals surface area contributed by atoms with Crippen molar-refractivity contribution in [2.75, 3.05) is 26.3 Å². The van der Waals surface area contributed by atoms with Crippen molar-refractivity contribution in [3.8, 4) is 11.5 Å². The van der Waals surface area contributed by atoms with Gasteiger partial charge in [-0.15, -0.1) is 0 Å². The van der Waals surface area contributed by atoms with Crippen LogP contribution in [0.4, 0.5) is 11.4 Å². The summed E-state index contributed by atoms with van der Waals surface area (Å²) in [5.74, 6) is -0.243. The first-order chi connectivity index (χ1) is 12.5. The van der Waals surface area contributed by atoms with E-state index in [-0.39, 0.29) is 30.3 Å². The topological polar surface area (TPSA) is 112 Å². The van der Waals surface area contributed by atoms with Crippen molar-refractivity contribution in [2.45, 2.75) is 6.54 Å². The molecule has 9 heteroatoms. The van der Waals surface area contributed by atoms with E-state index in [2.05, 4.69) is 15.6 Å². The lowest BCUT2D eigenvalue weighted by Gasteiger charge is -2.13. The lowest BCUT2D eigenvalue weighted by molar-refractivity contribution is -0.385. The lowest BCUT2D eigenvalue weighted by atomic mass is 10.1. The van der Waals surface area contributed by atoms with Crippen LogP contribution in [0.1, 0.15) is 5.56 Å². The molecule has 0 amide bonds. The number of nitro groups is 1. The summed E-state index contributed by atoms with van der Waals surface area (Å²) in [4.78, 5) is 22.1. The molecule has 2 N–H and O–H groups in total. The van der Waals surface area contributed by atoms with Gasteiger partial charge >= 0.3 is 5.97 Å². The largest absolute Gasteiger partial charge is 0.493 e. The molecule has 2 aromatic carbocycles. The van der Waals surface area contributed by atoms with Gasteiger partial charge in [0.2, 0.25) is 0 Å². The SMILES string of the molecule is COC(=O)COc1cc([N+](=O)[O-])c(CNNc2ccccc2)cc1OC. The number of anilines is 1. The molecule has 0 bridgehead atoms. The predicted octanol–water partition coefficient (Wildman–Crippen LogP) is 2.27. The average Bonchev–Trinajstić information content (AvgIpc) is 2.66. The minimum atomic E-state index is -0.604. The van der Waals surface area contributed by atoms with Gasteiger partial charge in [0.05, 0.1) is 25.2 Å². The van der Waals surface area contributed by atoms with Crippen LogP contribution in [0.2, 0.25) is 0 Å². The standard InChI is InChI=1S/C17H19N3O6/c1-24-15-8-12(10-18-19-13-6-4-3-5-7-13)14(20(22)23)9-16(15)26-11-17(21)25-2/h3-9,18-19H,10-11H2,1-2H3. The van der Waals surface area contributed by atoms with E-state index in [9.17, 15) is 14.9 Å². The number of hydrogen-bond donors (Lipinski definition) is 2. The fraction of sp³-hybridized carbons (Fsp3) is 0.235. The van der Waals surface area contributed by atoms with Gasteiger partial charge in [0.1, 0.15) is 0 Å². The van der Waals surface area contributed by atoms with E-state index in [0.717, 1.165) is 5.69 Å². The zero-order valence-corrected chi connectivity index (χ0v) is 14.4. The fourth-order valence-electron chi connectivity index (χ4n) is 2.13. The second-order valence-corrected chi connectivity index (χ2v) is 5.10. The Kier molecular flexibility index (Phi) is 6.75. The maximum absolute atomic E-state index is 11.4. The smallest absolute Gasteiger partial charge is 0.343 e. The van der Waals surface area contributed by atoms with Crippen molar-refractivity contribution in [3.05, 3.63) is 58.1 Å². The summed E-state index contributed by atoms with van der Waals surface area (Å²) in [7, 11) is 2.63. The Labute approximate surface area is 150 Å². The van der Waals surface area contributed by atoms with Gasteiger partial charge in [-0.3, -0.25) is 10.1 Å². The van der Waals surface area contributed by atoms with Gasteiger partial charge in [0, 0.05) is 17.8 Å². The maximum atomic E-state index is 11.4. The summed E-state index contributed by atoms with van der Waals surface area (Å²) in [5.41, 5.74) is 6.92. The van der Waals surface area contributed by atoms with Crippen LogP contribution in [0, 0.1) is 10.1 Å². The number of nitro benzene ring substituents is 1. The molecule has 0 aliphatic carbocycles.